The molecule has 0 heterocycles. The molecular weight excluding hydrogens is 392 g/mol. The van der Waals surface area contributed by atoms with Crippen LogP contribution in [0.2, 0.25) is 0 Å². The summed E-state index contributed by atoms with van der Waals surface area (Å²) in [6.45, 7) is 0. The lowest BCUT2D eigenvalue weighted by atomic mass is 9.49. The largest absolute Gasteiger partial charge is 0.497 e. The van der Waals surface area contributed by atoms with E-state index in [1.165, 1.54) is 22.3 Å². The van der Waals surface area contributed by atoms with Gasteiger partial charge in [0.1, 0.15) is 11.5 Å². The summed E-state index contributed by atoms with van der Waals surface area (Å²) in [6.07, 6.45) is 0. The van der Waals surface area contributed by atoms with Crippen LogP contribution in [0.4, 0.5) is 0 Å². The predicted octanol–water partition coefficient (Wildman–Crippen LogP) is 7.15. The van der Waals surface area contributed by atoms with Gasteiger partial charge in [-0.15, -0.1) is 0 Å². The molecule has 2 heteroatoms. The van der Waals surface area contributed by atoms with Gasteiger partial charge in [0.15, 0.2) is 0 Å². The third kappa shape index (κ3) is 3.67. The van der Waals surface area contributed by atoms with Crippen molar-refractivity contribution < 1.29 is 9.47 Å². The summed E-state index contributed by atoms with van der Waals surface area (Å²) < 4.78 is 10.9. The molecular formula is C30H28O2. The van der Waals surface area contributed by atoms with Crippen molar-refractivity contribution in [1.29, 1.82) is 0 Å². The summed E-state index contributed by atoms with van der Waals surface area (Å²) in [5, 5.41) is 0. The Morgan fingerprint density at radius 1 is 0.375 bits per heavy atom. The van der Waals surface area contributed by atoms with Crippen molar-refractivity contribution in [2.45, 2.75) is 23.7 Å². The summed E-state index contributed by atoms with van der Waals surface area (Å²) in [7, 11) is 3.44. The Morgan fingerprint density at radius 3 is 0.938 bits per heavy atom. The van der Waals surface area contributed by atoms with E-state index in [1.54, 1.807) is 14.2 Å². The van der Waals surface area contributed by atoms with Gasteiger partial charge >= 0.3 is 0 Å². The summed E-state index contributed by atoms with van der Waals surface area (Å²) >= 11 is 0. The van der Waals surface area contributed by atoms with E-state index in [9.17, 15) is 0 Å². The van der Waals surface area contributed by atoms with Crippen molar-refractivity contribution in [2.24, 2.45) is 0 Å². The molecule has 1 aliphatic rings. The normalized spacial score (nSPS) is 22.1. The first-order chi connectivity index (χ1) is 15.8. The average molecular weight is 421 g/mol. The molecule has 4 atom stereocenters. The van der Waals surface area contributed by atoms with Crippen LogP contribution >= 0.6 is 0 Å². The first-order valence-corrected chi connectivity index (χ1v) is 11.2. The van der Waals surface area contributed by atoms with E-state index in [0.29, 0.717) is 23.7 Å². The second-order valence-electron chi connectivity index (χ2n) is 8.47. The molecule has 0 spiro atoms. The quantitative estimate of drug-likeness (QED) is 0.330. The Kier molecular flexibility index (Phi) is 5.68. The molecule has 0 aliphatic heterocycles. The molecule has 0 saturated heterocycles. The fourth-order valence-corrected chi connectivity index (χ4v) is 5.41. The molecule has 4 aromatic carbocycles. The maximum Gasteiger partial charge on any atom is 0.118 e. The van der Waals surface area contributed by atoms with Crippen LogP contribution in [0.5, 0.6) is 11.5 Å². The van der Waals surface area contributed by atoms with E-state index in [2.05, 4.69) is 109 Å². The molecule has 0 amide bonds. The highest BCUT2D eigenvalue weighted by molar-refractivity contribution is 5.49. The minimum atomic E-state index is 0.377. The van der Waals surface area contributed by atoms with E-state index in [1.807, 2.05) is 0 Å². The highest BCUT2D eigenvalue weighted by Gasteiger charge is 2.52. The van der Waals surface area contributed by atoms with Gasteiger partial charge in [0.2, 0.25) is 0 Å². The smallest absolute Gasteiger partial charge is 0.118 e. The summed E-state index contributed by atoms with van der Waals surface area (Å²) in [5.41, 5.74) is 5.50. The zero-order valence-electron chi connectivity index (χ0n) is 18.5. The molecule has 0 unspecified atom stereocenters. The number of hydrogen-bond donors (Lipinski definition) is 0. The highest BCUT2D eigenvalue weighted by atomic mass is 16.5. The molecule has 1 saturated carbocycles. The molecule has 160 valence electrons. The second-order valence-corrected chi connectivity index (χ2v) is 8.47. The van der Waals surface area contributed by atoms with E-state index >= 15 is 0 Å². The zero-order chi connectivity index (χ0) is 21.9. The SMILES string of the molecule is COc1ccc([C@@H]2[C@@H](c3ccccc3)[C@@H](c3ccccc3)[C@@H]2c2ccc(OC)cc2)cc1. The zero-order valence-corrected chi connectivity index (χ0v) is 18.5. The van der Waals surface area contributed by atoms with Gasteiger partial charge < -0.3 is 9.47 Å². The first kappa shape index (κ1) is 20.4. The van der Waals surface area contributed by atoms with Crippen LogP contribution in [0, 0.1) is 0 Å². The van der Waals surface area contributed by atoms with Gasteiger partial charge in [-0.05, 0) is 70.2 Å². The van der Waals surface area contributed by atoms with Gasteiger partial charge in [0.25, 0.3) is 0 Å². The molecule has 1 fully saturated rings. The van der Waals surface area contributed by atoms with E-state index < -0.39 is 0 Å². The molecule has 2 nitrogen and oxygen atoms in total. The van der Waals surface area contributed by atoms with Crippen LogP contribution in [0.3, 0.4) is 0 Å². The van der Waals surface area contributed by atoms with Crippen LogP contribution in [0.1, 0.15) is 45.9 Å². The fourth-order valence-electron chi connectivity index (χ4n) is 5.41. The van der Waals surface area contributed by atoms with Crippen molar-refractivity contribution >= 4 is 0 Å². The molecule has 1 aliphatic carbocycles. The third-order valence-electron chi connectivity index (χ3n) is 6.92. The Balaban J connectivity index is 1.64. The predicted molar refractivity (Wildman–Crippen MR) is 130 cm³/mol. The van der Waals surface area contributed by atoms with Crippen LogP contribution in [0.15, 0.2) is 109 Å². The number of benzene rings is 4. The van der Waals surface area contributed by atoms with Gasteiger partial charge in [0, 0.05) is 0 Å². The molecule has 0 aromatic heterocycles. The number of ether oxygens (including phenoxy) is 2. The van der Waals surface area contributed by atoms with Crippen molar-refractivity contribution in [1.82, 2.24) is 0 Å². The standard InChI is InChI=1S/C30H28O2/c1-31-25-17-13-23(14-18-25)29-27(21-9-5-3-6-10-21)28(22-11-7-4-8-12-22)30(29)24-15-19-26(32-2)20-16-24/h3-20,27-30H,1-2H3/t27-,28+,29+,30-. The van der Waals surface area contributed by atoms with Crippen LogP contribution in [-0.2, 0) is 0 Å². The molecule has 0 N–H and O–H groups in total. The van der Waals surface area contributed by atoms with Crippen molar-refractivity contribution in [2.75, 3.05) is 14.2 Å². The molecule has 0 radical (unpaired) electrons. The lowest BCUT2D eigenvalue weighted by Crippen LogP contribution is -2.40. The van der Waals surface area contributed by atoms with Gasteiger partial charge in [-0.2, -0.15) is 0 Å². The van der Waals surface area contributed by atoms with Gasteiger partial charge in [-0.1, -0.05) is 84.9 Å². The summed E-state index contributed by atoms with van der Waals surface area (Å²) in [6, 6.07) is 39.2. The minimum Gasteiger partial charge on any atom is -0.497 e. The first-order valence-electron chi connectivity index (χ1n) is 11.2. The van der Waals surface area contributed by atoms with Crippen LogP contribution in [0.25, 0.3) is 0 Å². The number of rotatable bonds is 6. The molecule has 4 aromatic rings. The minimum absolute atomic E-state index is 0.377. The Bertz CT molecular complexity index is 1040. The van der Waals surface area contributed by atoms with Crippen molar-refractivity contribution in [3.63, 3.8) is 0 Å². The second kappa shape index (κ2) is 8.92. The Morgan fingerprint density at radius 2 is 0.656 bits per heavy atom. The summed E-state index contributed by atoms with van der Waals surface area (Å²) in [4.78, 5) is 0. The molecule has 5 rings (SSSR count). The van der Waals surface area contributed by atoms with Crippen molar-refractivity contribution in [3.8, 4) is 11.5 Å². The van der Waals surface area contributed by atoms with Gasteiger partial charge in [-0.25, -0.2) is 0 Å². The van der Waals surface area contributed by atoms with Crippen molar-refractivity contribution in [3.05, 3.63) is 131 Å². The molecule has 0 bridgehead atoms. The maximum atomic E-state index is 5.43. The van der Waals surface area contributed by atoms with Crippen LogP contribution < -0.4 is 9.47 Å². The topological polar surface area (TPSA) is 18.5 Å². The highest BCUT2D eigenvalue weighted by Crippen LogP contribution is 2.66. The lowest BCUT2D eigenvalue weighted by molar-refractivity contribution is 0.228. The Labute approximate surface area is 190 Å². The monoisotopic (exact) mass is 420 g/mol. The van der Waals surface area contributed by atoms with Crippen LogP contribution in [-0.4, -0.2) is 14.2 Å². The fraction of sp³-hybridized carbons (Fsp3) is 0.200. The van der Waals surface area contributed by atoms with E-state index in [0.717, 1.165) is 11.5 Å². The average Bonchev–Trinajstić information content (AvgIpc) is 2.86. The van der Waals surface area contributed by atoms with E-state index in [-0.39, 0.29) is 0 Å². The summed E-state index contributed by atoms with van der Waals surface area (Å²) in [5.74, 6) is 3.34. The lowest BCUT2D eigenvalue weighted by Gasteiger charge is -2.54. The number of hydrogen-bond acceptors (Lipinski definition) is 2. The van der Waals surface area contributed by atoms with Gasteiger partial charge in [0.05, 0.1) is 14.2 Å². The maximum absolute atomic E-state index is 5.43. The third-order valence-corrected chi connectivity index (χ3v) is 6.92. The molecule has 32 heavy (non-hydrogen) atoms. The Hall–Kier alpha value is -3.52. The number of methoxy groups -OCH3 is 2. The van der Waals surface area contributed by atoms with Gasteiger partial charge in [-0.3, -0.25) is 0 Å². The van der Waals surface area contributed by atoms with E-state index in [4.69, 9.17) is 9.47 Å².